The highest BCUT2D eigenvalue weighted by Crippen LogP contribution is 2.24. The summed E-state index contributed by atoms with van der Waals surface area (Å²) >= 11 is 0. The lowest BCUT2D eigenvalue weighted by Crippen LogP contribution is -2.43. The molecule has 0 saturated heterocycles. The SMILES string of the molecule is COCC(C)NC1CCCC(C(N)=O)C1. The average molecular weight is 214 g/mol. The Hall–Kier alpha value is -0.610. The van der Waals surface area contributed by atoms with Crippen molar-refractivity contribution in [3.05, 3.63) is 0 Å². The minimum Gasteiger partial charge on any atom is -0.383 e. The van der Waals surface area contributed by atoms with Crippen LogP contribution in [0.25, 0.3) is 0 Å². The number of carbonyl (C=O) groups excluding carboxylic acids is 1. The Kier molecular flexibility index (Phi) is 5.05. The van der Waals surface area contributed by atoms with Crippen molar-refractivity contribution in [1.29, 1.82) is 0 Å². The largest absolute Gasteiger partial charge is 0.383 e. The fraction of sp³-hybridized carbons (Fsp3) is 0.909. The molecule has 4 nitrogen and oxygen atoms in total. The minimum atomic E-state index is -0.152. The first kappa shape index (κ1) is 12.5. The molecule has 0 bridgehead atoms. The maximum atomic E-state index is 11.1. The molecule has 0 radical (unpaired) electrons. The molecule has 3 atom stereocenters. The first-order valence-corrected chi connectivity index (χ1v) is 5.67. The standard InChI is InChI=1S/C11H22N2O2/c1-8(7-15-2)13-10-5-3-4-9(6-10)11(12)14/h8-10,13H,3-7H2,1-2H3,(H2,12,14). The Labute approximate surface area is 91.5 Å². The molecule has 1 amide bonds. The third-order valence-electron chi connectivity index (χ3n) is 3.01. The van der Waals surface area contributed by atoms with Gasteiger partial charge in [0.25, 0.3) is 0 Å². The van der Waals surface area contributed by atoms with Crippen molar-refractivity contribution in [2.75, 3.05) is 13.7 Å². The van der Waals surface area contributed by atoms with Crippen LogP contribution in [-0.2, 0) is 9.53 Å². The lowest BCUT2D eigenvalue weighted by molar-refractivity contribution is -0.123. The Morgan fingerprint density at radius 2 is 2.33 bits per heavy atom. The molecule has 3 unspecified atom stereocenters. The highest BCUT2D eigenvalue weighted by molar-refractivity contribution is 5.76. The van der Waals surface area contributed by atoms with E-state index in [4.69, 9.17) is 10.5 Å². The predicted molar refractivity (Wildman–Crippen MR) is 59.4 cm³/mol. The van der Waals surface area contributed by atoms with E-state index in [1.807, 2.05) is 0 Å². The molecule has 4 heteroatoms. The van der Waals surface area contributed by atoms with E-state index in [0.717, 1.165) is 25.7 Å². The monoisotopic (exact) mass is 214 g/mol. The van der Waals surface area contributed by atoms with Crippen molar-refractivity contribution in [3.8, 4) is 0 Å². The Morgan fingerprint density at radius 1 is 1.60 bits per heavy atom. The summed E-state index contributed by atoms with van der Waals surface area (Å²) in [5, 5.41) is 3.47. The number of amides is 1. The van der Waals surface area contributed by atoms with Crippen molar-refractivity contribution in [3.63, 3.8) is 0 Å². The maximum absolute atomic E-state index is 11.1. The topological polar surface area (TPSA) is 64.3 Å². The van der Waals surface area contributed by atoms with Crippen LogP contribution in [0.15, 0.2) is 0 Å². The molecule has 0 heterocycles. The fourth-order valence-electron chi connectivity index (χ4n) is 2.30. The molecular weight excluding hydrogens is 192 g/mol. The van der Waals surface area contributed by atoms with Gasteiger partial charge in [0.2, 0.25) is 5.91 Å². The second kappa shape index (κ2) is 6.08. The third kappa shape index (κ3) is 4.18. The van der Waals surface area contributed by atoms with Crippen molar-refractivity contribution in [1.82, 2.24) is 5.32 Å². The number of primary amides is 1. The van der Waals surface area contributed by atoms with Crippen LogP contribution >= 0.6 is 0 Å². The van der Waals surface area contributed by atoms with Crippen molar-refractivity contribution < 1.29 is 9.53 Å². The van der Waals surface area contributed by atoms with Gasteiger partial charge in [0.1, 0.15) is 0 Å². The Balaban J connectivity index is 2.32. The number of hydrogen-bond acceptors (Lipinski definition) is 3. The van der Waals surface area contributed by atoms with Gasteiger partial charge >= 0.3 is 0 Å². The van der Waals surface area contributed by atoms with Gasteiger partial charge in [-0.15, -0.1) is 0 Å². The summed E-state index contributed by atoms with van der Waals surface area (Å²) in [6.07, 6.45) is 4.05. The lowest BCUT2D eigenvalue weighted by atomic mass is 9.85. The molecule has 1 fully saturated rings. The highest BCUT2D eigenvalue weighted by Gasteiger charge is 2.26. The van der Waals surface area contributed by atoms with E-state index in [1.54, 1.807) is 7.11 Å². The van der Waals surface area contributed by atoms with Gasteiger partial charge in [-0.3, -0.25) is 4.79 Å². The number of ether oxygens (including phenoxy) is 1. The summed E-state index contributed by atoms with van der Waals surface area (Å²) in [6.45, 7) is 2.80. The van der Waals surface area contributed by atoms with Gasteiger partial charge in [0.05, 0.1) is 6.61 Å². The van der Waals surface area contributed by atoms with E-state index in [0.29, 0.717) is 18.7 Å². The fourth-order valence-corrected chi connectivity index (χ4v) is 2.30. The maximum Gasteiger partial charge on any atom is 0.220 e. The lowest BCUT2D eigenvalue weighted by Gasteiger charge is -2.30. The summed E-state index contributed by atoms with van der Waals surface area (Å²) in [5.74, 6) is -0.0908. The second-order valence-electron chi connectivity index (χ2n) is 4.49. The van der Waals surface area contributed by atoms with Gasteiger partial charge in [0, 0.05) is 25.1 Å². The molecule has 0 aromatic rings. The van der Waals surface area contributed by atoms with Gasteiger partial charge < -0.3 is 15.8 Å². The molecule has 1 aliphatic carbocycles. The molecule has 15 heavy (non-hydrogen) atoms. The number of methoxy groups -OCH3 is 1. The molecule has 0 spiro atoms. The normalized spacial score (nSPS) is 28.7. The van der Waals surface area contributed by atoms with Crippen LogP contribution in [0, 0.1) is 5.92 Å². The third-order valence-corrected chi connectivity index (χ3v) is 3.01. The summed E-state index contributed by atoms with van der Waals surface area (Å²) in [5.41, 5.74) is 5.33. The van der Waals surface area contributed by atoms with E-state index in [2.05, 4.69) is 12.2 Å². The van der Waals surface area contributed by atoms with Crippen LogP contribution in [0.2, 0.25) is 0 Å². The molecule has 0 aromatic carbocycles. The number of rotatable bonds is 5. The quantitative estimate of drug-likeness (QED) is 0.706. The first-order chi connectivity index (χ1) is 7.13. The molecule has 88 valence electrons. The summed E-state index contributed by atoms with van der Waals surface area (Å²) in [4.78, 5) is 11.1. The molecule has 0 aromatic heterocycles. The molecular formula is C11H22N2O2. The Bertz CT molecular complexity index is 209. The van der Waals surface area contributed by atoms with Crippen LogP contribution in [0.1, 0.15) is 32.6 Å². The minimum absolute atomic E-state index is 0.0611. The van der Waals surface area contributed by atoms with Crippen LogP contribution in [0.4, 0.5) is 0 Å². The van der Waals surface area contributed by atoms with Gasteiger partial charge in [-0.05, 0) is 26.2 Å². The van der Waals surface area contributed by atoms with Crippen LogP contribution in [-0.4, -0.2) is 31.7 Å². The zero-order chi connectivity index (χ0) is 11.3. The predicted octanol–water partition coefficient (Wildman–Crippen LogP) is 0.655. The van der Waals surface area contributed by atoms with E-state index in [-0.39, 0.29) is 11.8 Å². The van der Waals surface area contributed by atoms with Crippen molar-refractivity contribution in [2.45, 2.75) is 44.7 Å². The zero-order valence-electron chi connectivity index (χ0n) is 9.66. The summed E-state index contributed by atoms with van der Waals surface area (Å²) < 4.78 is 5.07. The molecule has 1 saturated carbocycles. The summed E-state index contributed by atoms with van der Waals surface area (Å²) in [6, 6.07) is 0.757. The molecule has 1 rings (SSSR count). The number of hydrogen-bond donors (Lipinski definition) is 2. The van der Waals surface area contributed by atoms with Gasteiger partial charge in [-0.2, -0.15) is 0 Å². The smallest absolute Gasteiger partial charge is 0.220 e. The van der Waals surface area contributed by atoms with Crippen LogP contribution in [0.3, 0.4) is 0 Å². The van der Waals surface area contributed by atoms with E-state index < -0.39 is 0 Å². The van der Waals surface area contributed by atoms with E-state index >= 15 is 0 Å². The van der Waals surface area contributed by atoms with E-state index in [1.165, 1.54) is 0 Å². The van der Waals surface area contributed by atoms with Crippen molar-refractivity contribution >= 4 is 5.91 Å². The Morgan fingerprint density at radius 3 is 2.93 bits per heavy atom. The second-order valence-corrected chi connectivity index (χ2v) is 4.49. The van der Waals surface area contributed by atoms with Crippen LogP contribution < -0.4 is 11.1 Å². The van der Waals surface area contributed by atoms with Gasteiger partial charge in [0.15, 0.2) is 0 Å². The highest BCUT2D eigenvalue weighted by atomic mass is 16.5. The first-order valence-electron chi connectivity index (χ1n) is 5.67. The van der Waals surface area contributed by atoms with Crippen molar-refractivity contribution in [2.24, 2.45) is 11.7 Å². The number of carbonyl (C=O) groups is 1. The summed E-state index contributed by atoms with van der Waals surface area (Å²) in [7, 11) is 1.70. The molecule has 0 aliphatic heterocycles. The van der Waals surface area contributed by atoms with Gasteiger partial charge in [-0.1, -0.05) is 6.42 Å². The molecule has 3 N–H and O–H groups in total. The number of nitrogens with two attached hydrogens (primary N) is 1. The molecule has 1 aliphatic rings. The average Bonchev–Trinajstić information content (AvgIpc) is 2.18. The van der Waals surface area contributed by atoms with Gasteiger partial charge in [-0.25, -0.2) is 0 Å². The van der Waals surface area contributed by atoms with Crippen LogP contribution in [0.5, 0.6) is 0 Å². The zero-order valence-corrected chi connectivity index (χ0v) is 9.66. The number of nitrogens with one attached hydrogen (secondary N) is 1. The van der Waals surface area contributed by atoms with E-state index in [9.17, 15) is 4.79 Å².